The minimum Gasteiger partial charge on any atom is -0.477 e. The predicted octanol–water partition coefficient (Wildman–Crippen LogP) is 12.9. The molecule has 0 aliphatic carbocycles. The van der Waals surface area contributed by atoms with Crippen molar-refractivity contribution in [2.45, 2.75) is 59.3 Å². The van der Waals surface area contributed by atoms with Crippen LogP contribution in [0.15, 0.2) is 128 Å². The predicted molar refractivity (Wildman–Crippen MR) is 416 cm³/mol. The molecular formula is C81H83F12N19O9. The third-order valence-electron chi connectivity index (χ3n) is 22.5. The van der Waals surface area contributed by atoms with Crippen molar-refractivity contribution in [2.75, 3.05) is 147 Å². The van der Waals surface area contributed by atoms with Crippen molar-refractivity contribution in [1.29, 1.82) is 0 Å². The topological polar surface area (TPSA) is 314 Å². The summed E-state index contributed by atoms with van der Waals surface area (Å²) in [6.45, 7) is 15.3. The fourth-order valence-corrected chi connectivity index (χ4v) is 17.1. The van der Waals surface area contributed by atoms with Crippen LogP contribution in [0.25, 0.3) is 0 Å². The number of benzene rings is 4. The molecule has 8 saturated heterocycles. The highest BCUT2D eigenvalue weighted by molar-refractivity contribution is 6.01. The number of urea groups is 3. The molecule has 0 unspecified atom stereocenters. The molecule has 640 valence electrons. The number of carbonyl (C=O) groups is 7. The number of methoxy groups -OCH3 is 1. The van der Waals surface area contributed by atoms with Crippen LogP contribution in [0.5, 0.6) is 0 Å². The normalized spacial score (nSPS) is 20.9. The van der Waals surface area contributed by atoms with E-state index in [0.29, 0.717) is 116 Å². The number of esters is 1. The highest BCUT2D eigenvalue weighted by atomic mass is 19.4. The zero-order valence-electron chi connectivity index (χ0n) is 66.0. The number of nitrogens with one attached hydrogen (secondary N) is 3. The van der Waals surface area contributed by atoms with Gasteiger partial charge in [0.15, 0.2) is 23.0 Å². The number of ketones is 1. The number of alkyl halides is 12. The van der Waals surface area contributed by atoms with Crippen molar-refractivity contribution < 1.29 is 96.1 Å². The number of rotatable bonds is 11. The van der Waals surface area contributed by atoms with E-state index >= 15 is 0 Å². The summed E-state index contributed by atoms with van der Waals surface area (Å²) in [6, 6.07) is 25.8. The minimum atomic E-state index is -4.43. The fourth-order valence-electron chi connectivity index (χ4n) is 17.1. The molecule has 16 rings (SSSR count). The highest BCUT2D eigenvalue weighted by Gasteiger charge is 2.50. The van der Waals surface area contributed by atoms with E-state index in [0.717, 1.165) is 35.7 Å². The SMILES string of the molecule is CC(=O)c1nccnc1NC(=O)N1C[C@@H]2CN(c3ccccc3C(F)(F)F)C[C@@H]2C1.COC(=O)c1cc(C)nc(C(=O)N2C[C@@H]3CN(c4ccccc4C(F)(F)F)C[C@@H]3C2)n1.Cc1cc(C(=O)O)nc(NC(=O)N2C[C@@H]3CN(c4ccccc4C(F)(F)F)C[C@@H]3C2)n1.Cc1cc(C)nc(NC(=O)N2C[C@@H]3CN(c4ccccc4C(F)(F)F)C[C@@H]3C2)n1. The van der Waals surface area contributed by atoms with Gasteiger partial charge < -0.3 is 49.0 Å². The van der Waals surface area contributed by atoms with Crippen LogP contribution in [0.4, 0.5) is 108 Å². The van der Waals surface area contributed by atoms with E-state index in [1.165, 1.54) is 87.1 Å². The number of carboxylic acids is 1. The van der Waals surface area contributed by atoms with Gasteiger partial charge >= 0.3 is 54.7 Å². The van der Waals surface area contributed by atoms with Crippen LogP contribution >= 0.6 is 0 Å². The van der Waals surface area contributed by atoms with Crippen molar-refractivity contribution >= 4 is 82.2 Å². The maximum absolute atomic E-state index is 13.4. The standard InChI is InChI=1S/C21H21F3N4O3.C20H20F3N5O3.C20H20F3N5O2.C20H22F3N5O/c1-12-7-16(20(30)31-2)26-18(25-12)19(29)28-10-13-8-27(9-14(13)11-28)17-6-4-3-5-15(17)21(22,23)24;1-11-6-15(17(29)30)25-18(24-11)26-19(31)28-9-12-7-27(8-13(12)10-28)16-5-3-2-4-14(16)20(21,22)23;1-12(29)17-18(25-7-6-24-17)26-19(30)28-10-13-8-27(9-14(13)11-28)16-5-3-2-4-15(16)20(21,22)23;1-12-7-13(2)25-18(24-12)26-19(29)28-10-14-8-27(9-15(14)11-28)17-6-4-3-5-16(17)20(21,22)23/h3-7,13-14H,8-11H2,1-2H3;2-6,12-13H,7-10H2,1H3,(H,29,30)(H,24,25,26,31);2-7,13-14H,8-11H2,1H3,(H,25,26,30);3-7,14-15H,8-11H2,1-2H3,(H,24,25,26,29)/t13-,14+;12-,13+;13-,14+;14-,15+. The number of hydrogen-bond acceptors (Lipinski definition) is 20. The summed E-state index contributed by atoms with van der Waals surface area (Å²) in [4.78, 5) is 131. The second kappa shape index (κ2) is 35.0. The van der Waals surface area contributed by atoms with Gasteiger partial charge in [-0.15, -0.1) is 0 Å². The molecule has 8 aromatic rings. The van der Waals surface area contributed by atoms with Gasteiger partial charge in [0, 0.05) is 217 Å². The molecule has 121 heavy (non-hydrogen) atoms. The van der Waals surface area contributed by atoms with Crippen molar-refractivity contribution in [3.05, 3.63) is 196 Å². The Morgan fingerprint density at radius 2 is 0.678 bits per heavy atom. The van der Waals surface area contributed by atoms with Crippen LogP contribution in [-0.4, -0.2) is 218 Å². The first kappa shape index (κ1) is 86.3. The smallest absolute Gasteiger partial charge is 0.418 e. The monoisotopic (exact) mass is 1690 g/mol. The Hall–Kier alpha value is -12.6. The number of amides is 7. The highest BCUT2D eigenvalue weighted by Crippen LogP contribution is 2.46. The van der Waals surface area contributed by atoms with Crippen LogP contribution < -0.4 is 35.6 Å². The molecule has 7 amide bonds. The lowest BCUT2D eigenvalue weighted by Crippen LogP contribution is -2.37. The number of aromatic nitrogens is 8. The summed E-state index contributed by atoms with van der Waals surface area (Å²) in [5.74, 6) is -1.78. The number of para-hydroxylation sites is 4. The number of anilines is 7. The Balaban J connectivity index is 0.000000139. The first-order valence-electron chi connectivity index (χ1n) is 38.5. The number of fused-ring (bicyclic) bond motifs is 4. The number of likely N-dealkylation sites (tertiary alicyclic amines) is 4. The summed E-state index contributed by atoms with van der Waals surface area (Å²) >= 11 is 0. The molecule has 0 radical (unpaired) electrons. The molecule has 4 aromatic heterocycles. The molecule has 0 spiro atoms. The number of aryl methyl sites for hydroxylation is 4. The molecule has 8 fully saturated rings. The molecule has 40 heteroatoms. The van der Waals surface area contributed by atoms with E-state index in [9.17, 15) is 86.2 Å². The maximum Gasteiger partial charge on any atom is 0.418 e. The molecule has 12 heterocycles. The fraction of sp³-hybridized carbons (Fsp3) is 0.420. The lowest BCUT2D eigenvalue weighted by molar-refractivity contribution is -0.137. The molecule has 8 aliphatic rings. The second-order valence-electron chi connectivity index (χ2n) is 31.0. The van der Waals surface area contributed by atoms with Gasteiger partial charge in [-0.05, 0) is 94.4 Å². The van der Waals surface area contributed by atoms with Crippen LogP contribution in [0.3, 0.4) is 0 Å². The number of carboxylic acid groups (broad SMARTS) is 1. The van der Waals surface area contributed by atoms with Crippen LogP contribution in [0.2, 0.25) is 0 Å². The molecule has 0 saturated carbocycles. The molecule has 4 aromatic carbocycles. The largest absolute Gasteiger partial charge is 0.477 e. The van der Waals surface area contributed by atoms with E-state index < -0.39 is 76.9 Å². The summed E-state index contributed by atoms with van der Waals surface area (Å²) in [6.07, 6.45) is -14.9. The van der Waals surface area contributed by atoms with Crippen molar-refractivity contribution in [2.24, 2.45) is 47.3 Å². The molecule has 8 aliphatic heterocycles. The second-order valence-corrected chi connectivity index (χ2v) is 31.0. The quantitative estimate of drug-likeness (QED) is 0.0531. The lowest BCUT2D eigenvalue weighted by Gasteiger charge is -2.26. The Bertz CT molecular complexity index is 5160. The Morgan fingerprint density at radius 1 is 0.380 bits per heavy atom. The van der Waals surface area contributed by atoms with Gasteiger partial charge in [-0.25, -0.2) is 63.8 Å². The van der Waals surface area contributed by atoms with E-state index in [2.05, 4.69) is 60.6 Å². The third-order valence-corrected chi connectivity index (χ3v) is 22.5. The number of carbonyl (C=O) groups excluding carboxylic acids is 6. The zero-order chi connectivity index (χ0) is 86.9. The Kier molecular flexibility index (Phi) is 25.0. The lowest BCUT2D eigenvalue weighted by atomic mass is 10.0. The third kappa shape index (κ3) is 20.0. The van der Waals surface area contributed by atoms with Gasteiger partial charge in [-0.1, -0.05) is 48.5 Å². The Morgan fingerprint density at radius 3 is 1.01 bits per heavy atom. The number of hydrogen-bond donors (Lipinski definition) is 4. The summed E-state index contributed by atoms with van der Waals surface area (Å²) < 4.78 is 165. The Labute approximate surface area is 684 Å². The molecule has 28 nitrogen and oxygen atoms in total. The van der Waals surface area contributed by atoms with Gasteiger partial charge in [-0.2, -0.15) is 52.7 Å². The van der Waals surface area contributed by atoms with Crippen molar-refractivity contribution in [1.82, 2.24) is 59.5 Å². The van der Waals surface area contributed by atoms with E-state index in [1.807, 2.05) is 19.9 Å². The zero-order valence-corrected chi connectivity index (χ0v) is 66.0. The van der Waals surface area contributed by atoms with E-state index in [-0.39, 0.29) is 123 Å². The van der Waals surface area contributed by atoms with Crippen molar-refractivity contribution in [3.8, 4) is 0 Å². The first-order valence-corrected chi connectivity index (χ1v) is 38.5. The van der Waals surface area contributed by atoms with E-state index in [1.54, 1.807) is 77.3 Å². The van der Waals surface area contributed by atoms with Crippen LogP contribution in [0.1, 0.15) is 94.0 Å². The summed E-state index contributed by atoms with van der Waals surface area (Å²) in [5, 5.41) is 17.0. The van der Waals surface area contributed by atoms with Crippen LogP contribution in [-0.2, 0) is 29.4 Å². The number of Topliss-reactive ketones (excluding diaryl/α,β-unsaturated/α-hetero) is 1. The molecule has 4 N–H and O–H groups in total. The number of nitrogens with zero attached hydrogens (tertiary/aromatic N) is 16. The van der Waals surface area contributed by atoms with Crippen LogP contribution in [0, 0.1) is 75.0 Å². The van der Waals surface area contributed by atoms with Gasteiger partial charge in [0.1, 0.15) is 5.69 Å². The van der Waals surface area contributed by atoms with Gasteiger partial charge in [0.25, 0.3) is 5.91 Å². The molecule has 0 bridgehead atoms. The molecular weight excluding hydrogens is 1610 g/mol. The maximum atomic E-state index is 13.4. The van der Waals surface area contributed by atoms with E-state index in [4.69, 9.17) is 5.11 Å². The average molecular weight is 1690 g/mol. The number of halogens is 12. The number of ether oxygens (including phenoxy) is 1. The van der Waals surface area contributed by atoms with Crippen molar-refractivity contribution in [3.63, 3.8) is 0 Å². The summed E-state index contributed by atoms with van der Waals surface area (Å²) in [5.41, 5.74) is 0.454. The minimum absolute atomic E-state index is 0.00711. The number of aromatic carboxylic acids is 1. The summed E-state index contributed by atoms with van der Waals surface area (Å²) in [7, 11) is 1.23. The van der Waals surface area contributed by atoms with Gasteiger partial charge in [0.2, 0.25) is 17.7 Å². The average Bonchev–Trinajstić information content (AvgIpc) is 1.65. The van der Waals surface area contributed by atoms with Gasteiger partial charge in [-0.3, -0.25) is 25.5 Å². The molecule has 8 atom stereocenters. The first-order chi connectivity index (χ1) is 57.2. The van der Waals surface area contributed by atoms with Gasteiger partial charge in [0.05, 0.1) is 29.4 Å².